The molecule has 4 nitrogen and oxygen atoms in total. The first kappa shape index (κ1) is 11.9. The average molecular weight is 235 g/mol. The van der Waals surface area contributed by atoms with E-state index in [0.717, 1.165) is 5.57 Å². The van der Waals surface area contributed by atoms with E-state index in [4.69, 9.17) is 9.84 Å². The normalized spacial score (nSPS) is 30.1. The lowest BCUT2D eigenvalue weighted by Crippen LogP contribution is -2.24. The van der Waals surface area contributed by atoms with Gasteiger partial charge in [-0.05, 0) is 6.92 Å². The standard InChI is InChI=1S/C13H17NO3/c1-8-11(17-8)9-5-4-6-13(2,3)7-10(9)14-12(15)16/h4-8,11,14H,1-3H3,(H,15,16). The number of amides is 1. The molecule has 2 unspecified atom stereocenters. The third kappa shape index (κ3) is 2.77. The smallest absolute Gasteiger partial charge is 0.409 e. The zero-order chi connectivity index (χ0) is 12.6. The Balaban J connectivity index is 2.31. The molecular weight excluding hydrogens is 218 g/mol. The number of allylic oxidation sites excluding steroid dienone is 4. The van der Waals surface area contributed by atoms with E-state index in [1.807, 2.05) is 45.1 Å². The number of carboxylic acid groups (broad SMARTS) is 1. The molecule has 4 heteroatoms. The molecule has 1 aliphatic heterocycles. The number of rotatable bonds is 2. The summed E-state index contributed by atoms with van der Waals surface area (Å²) in [5.74, 6) is 0. The molecule has 2 aliphatic rings. The van der Waals surface area contributed by atoms with Crippen LogP contribution in [-0.2, 0) is 4.74 Å². The minimum atomic E-state index is -1.05. The number of epoxide rings is 1. The van der Waals surface area contributed by atoms with Gasteiger partial charge in [-0.3, -0.25) is 5.32 Å². The van der Waals surface area contributed by atoms with Gasteiger partial charge < -0.3 is 9.84 Å². The van der Waals surface area contributed by atoms with E-state index in [-0.39, 0.29) is 17.6 Å². The first-order chi connectivity index (χ1) is 7.89. The SMILES string of the molecule is CC1OC1C1=CC=CC(C)(C)C=C1NC(=O)O. The Morgan fingerprint density at radius 1 is 1.53 bits per heavy atom. The summed E-state index contributed by atoms with van der Waals surface area (Å²) in [7, 11) is 0. The zero-order valence-electron chi connectivity index (χ0n) is 10.2. The maximum absolute atomic E-state index is 10.8. The van der Waals surface area contributed by atoms with Gasteiger partial charge >= 0.3 is 6.09 Å². The van der Waals surface area contributed by atoms with Crippen LogP contribution in [0, 0.1) is 5.41 Å². The lowest BCUT2D eigenvalue weighted by molar-refractivity contribution is 0.197. The minimum absolute atomic E-state index is 0.00616. The van der Waals surface area contributed by atoms with Crippen molar-refractivity contribution < 1.29 is 14.6 Å². The maximum Gasteiger partial charge on any atom is 0.409 e. The van der Waals surface area contributed by atoms with E-state index >= 15 is 0 Å². The Hall–Kier alpha value is -1.55. The van der Waals surface area contributed by atoms with Crippen LogP contribution in [0.5, 0.6) is 0 Å². The van der Waals surface area contributed by atoms with Crippen molar-refractivity contribution in [2.75, 3.05) is 0 Å². The fraction of sp³-hybridized carbons (Fsp3) is 0.462. The van der Waals surface area contributed by atoms with Crippen molar-refractivity contribution in [3.63, 3.8) is 0 Å². The van der Waals surface area contributed by atoms with Gasteiger partial charge in [-0.15, -0.1) is 0 Å². The van der Waals surface area contributed by atoms with Crippen molar-refractivity contribution in [2.45, 2.75) is 33.0 Å². The molecule has 0 aromatic carbocycles. The highest BCUT2D eigenvalue weighted by Crippen LogP contribution is 2.35. The van der Waals surface area contributed by atoms with Crippen molar-refractivity contribution in [3.8, 4) is 0 Å². The maximum atomic E-state index is 10.8. The summed E-state index contributed by atoms with van der Waals surface area (Å²) in [5.41, 5.74) is 1.36. The van der Waals surface area contributed by atoms with Crippen LogP contribution in [0.3, 0.4) is 0 Å². The van der Waals surface area contributed by atoms with Gasteiger partial charge in [0.1, 0.15) is 6.10 Å². The van der Waals surface area contributed by atoms with Crippen molar-refractivity contribution in [1.82, 2.24) is 5.32 Å². The Kier molecular flexibility index (Phi) is 2.83. The van der Waals surface area contributed by atoms with Gasteiger partial charge in [0, 0.05) is 16.7 Å². The third-order valence-corrected chi connectivity index (χ3v) is 2.89. The second-order valence-corrected chi connectivity index (χ2v) is 5.05. The zero-order valence-corrected chi connectivity index (χ0v) is 10.2. The second-order valence-electron chi connectivity index (χ2n) is 5.05. The molecule has 1 fully saturated rings. The van der Waals surface area contributed by atoms with Crippen molar-refractivity contribution in [1.29, 1.82) is 0 Å². The van der Waals surface area contributed by atoms with Gasteiger partial charge in [0.25, 0.3) is 0 Å². The quantitative estimate of drug-likeness (QED) is 0.723. The third-order valence-electron chi connectivity index (χ3n) is 2.89. The van der Waals surface area contributed by atoms with Crippen LogP contribution in [0.1, 0.15) is 20.8 Å². The van der Waals surface area contributed by atoms with E-state index in [0.29, 0.717) is 5.70 Å². The second kappa shape index (κ2) is 4.04. The fourth-order valence-corrected chi connectivity index (χ4v) is 1.98. The molecule has 0 radical (unpaired) electrons. The van der Waals surface area contributed by atoms with Gasteiger partial charge in [-0.2, -0.15) is 0 Å². The number of ether oxygens (including phenoxy) is 1. The molecule has 2 rings (SSSR count). The summed E-state index contributed by atoms with van der Waals surface area (Å²) in [6.07, 6.45) is 6.96. The monoisotopic (exact) mass is 235 g/mol. The summed E-state index contributed by atoms with van der Waals surface area (Å²) in [5, 5.41) is 11.3. The van der Waals surface area contributed by atoms with Gasteiger partial charge in [-0.25, -0.2) is 4.79 Å². The van der Waals surface area contributed by atoms with Crippen LogP contribution in [0.15, 0.2) is 35.6 Å². The fourth-order valence-electron chi connectivity index (χ4n) is 1.98. The van der Waals surface area contributed by atoms with Crippen LogP contribution in [-0.4, -0.2) is 23.4 Å². The van der Waals surface area contributed by atoms with Crippen molar-refractivity contribution >= 4 is 6.09 Å². The number of hydrogen-bond acceptors (Lipinski definition) is 2. The molecule has 0 bridgehead atoms. The lowest BCUT2D eigenvalue weighted by atomic mass is 9.91. The Labute approximate surface area is 101 Å². The first-order valence-corrected chi connectivity index (χ1v) is 5.67. The van der Waals surface area contributed by atoms with Crippen LogP contribution < -0.4 is 5.32 Å². The number of carbonyl (C=O) groups is 1. The highest BCUT2D eigenvalue weighted by atomic mass is 16.6. The summed E-state index contributed by atoms with van der Waals surface area (Å²) < 4.78 is 5.42. The van der Waals surface area contributed by atoms with Crippen molar-refractivity contribution in [3.05, 3.63) is 35.6 Å². The Bertz CT molecular complexity index is 432. The Morgan fingerprint density at radius 2 is 2.18 bits per heavy atom. The van der Waals surface area contributed by atoms with Gasteiger partial charge in [0.2, 0.25) is 0 Å². The predicted molar refractivity (Wildman–Crippen MR) is 64.6 cm³/mol. The first-order valence-electron chi connectivity index (χ1n) is 5.67. The topological polar surface area (TPSA) is 61.9 Å². The van der Waals surface area contributed by atoms with Crippen LogP contribution in [0.25, 0.3) is 0 Å². The molecule has 0 spiro atoms. The number of hydrogen-bond donors (Lipinski definition) is 2. The summed E-state index contributed by atoms with van der Waals surface area (Å²) in [6, 6.07) is 0. The minimum Gasteiger partial charge on any atom is -0.465 e. The van der Waals surface area contributed by atoms with Crippen molar-refractivity contribution in [2.24, 2.45) is 5.41 Å². The highest BCUT2D eigenvalue weighted by Gasteiger charge is 2.39. The molecule has 1 saturated heterocycles. The van der Waals surface area contributed by atoms with Gasteiger partial charge in [-0.1, -0.05) is 38.2 Å². The van der Waals surface area contributed by atoms with Crippen LogP contribution in [0.4, 0.5) is 4.79 Å². The van der Waals surface area contributed by atoms with Gasteiger partial charge in [0.05, 0.1) is 6.10 Å². The van der Waals surface area contributed by atoms with Gasteiger partial charge in [0.15, 0.2) is 0 Å². The largest absolute Gasteiger partial charge is 0.465 e. The number of nitrogens with one attached hydrogen (secondary N) is 1. The lowest BCUT2D eigenvalue weighted by Gasteiger charge is -2.17. The predicted octanol–water partition coefficient (Wildman–Crippen LogP) is 2.45. The molecule has 92 valence electrons. The molecule has 17 heavy (non-hydrogen) atoms. The van der Waals surface area contributed by atoms with E-state index in [9.17, 15) is 4.79 Å². The Morgan fingerprint density at radius 3 is 2.71 bits per heavy atom. The van der Waals surface area contributed by atoms with Crippen LogP contribution >= 0.6 is 0 Å². The summed E-state index contributed by atoms with van der Waals surface area (Å²) >= 11 is 0. The molecule has 2 N–H and O–H groups in total. The molecule has 0 saturated carbocycles. The highest BCUT2D eigenvalue weighted by molar-refractivity contribution is 5.69. The van der Waals surface area contributed by atoms with Crippen LogP contribution in [0.2, 0.25) is 0 Å². The van der Waals surface area contributed by atoms with E-state index in [1.165, 1.54) is 0 Å². The average Bonchev–Trinajstić information content (AvgIpc) is 2.88. The molecule has 0 aromatic heterocycles. The summed E-state index contributed by atoms with van der Waals surface area (Å²) in [4.78, 5) is 10.8. The molecule has 1 amide bonds. The van der Waals surface area contributed by atoms with E-state index < -0.39 is 6.09 Å². The molecule has 1 heterocycles. The van der Waals surface area contributed by atoms with E-state index in [2.05, 4.69) is 5.32 Å². The van der Waals surface area contributed by atoms with E-state index in [1.54, 1.807) is 0 Å². The molecule has 0 aromatic rings. The molecule has 1 aliphatic carbocycles. The molecular formula is C13H17NO3. The summed E-state index contributed by atoms with van der Waals surface area (Å²) in [6.45, 7) is 6.03. The molecule has 2 atom stereocenters.